The van der Waals surface area contributed by atoms with E-state index in [1.807, 2.05) is 0 Å². The van der Waals surface area contributed by atoms with Gasteiger partial charge in [0.2, 0.25) is 0 Å². The smallest absolute Gasteiger partial charge is 0.0483 e. The Morgan fingerprint density at radius 2 is 1.69 bits per heavy atom. The zero-order valence-corrected chi connectivity index (χ0v) is 11.3. The van der Waals surface area contributed by atoms with Gasteiger partial charge in [-0.15, -0.1) is 0 Å². The molecule has 0 amide bonds. The van der Waals surface area contributed by atoms with Gasteiger partial charge in [0.25, 0.3) is 0 Å². The lowest BCUT2D eigenvalue weighted by Gasteiger charge is -2.50. The Labute approximate surface area is 100.0 Å². The van der Waals surface area contributed by atoms with Crippen LogP contribution in [0.2, 0.25) is 0 Å². The number of hydrogen-bond donors (Lipinski definition) is 2. The van der Waals surface area contributed by atoms with E-state index in [-0.39, 0.29) is 11.1 Å². The summed E-state index contributed by atoms with van der Waals surface area (Å²) in [6, 6.07) is 0.735. The lowest BCUT2D eigenvalue weighted by atomic mass is 9.79. The van der Waals surface area contributed by atoms with E-state index in [0.717, 1.165) is 12.7 Å². The first-order valence-corrected chi connectivity index (χ1v) is 6.62. The van der Waals surface area contributed by atoms with Gasteiger partial charge in [-0.2, -0.15) is 0 Å². The maximum atomic E-state index is 3.75. The lowest BCUT2D eigenvalue weighted by molar-refractivity contribution is 0.0506. The summed E-state index contributed by atoms with van der Waals surface area (Å²) < 4.78 is 0. The third kappa shape index (κ3) is 2.96. The summed E-state index contributed by atoms with van der Waals surface area (Å²) in [6.07, 6.45) is 3.82. The Morgan fingerprint density at radius 3 is 2.19 bits per heavy atom. The van der Waals surface area contributed by atoms with Crippen molar-refractivity contribution in [3.8, 4) is 0 Å². The van der Waals surface area contributed by atoms with Gasteiger partial charge in [-0.05, 0) is 53.5 Å². The van der Waals surface area contributed by atoms with E-state index in [2.05, 4.69) is 43.2 Å². The first kappa shape index (κ1) is 12.3. The van der Waals surface area contributed by atoms with Gasteiger partial charge in [0.15, 0.2) is 0 Å². The molecule has 2 N–H and O–H groups in total. The molecule has 3 nitrogen and oxygen atoms in total. The second-order valence-electron chi connectivity index (χ2n) is 6.78. The van der Waals surface area contributed by atoms with Gasteiger partial charge in [-0.3, -0.25) is 4.90 Å². The zero-order chi connectivity index (χ0) is 11.8. The van der Waals surface area contributed by atoms with E-state index in [1.54, 1.807) is 0 Å². The molecular formula is C13H27N3. The molecule has 0 bridgehead atoms. The van der Waals surface area contributed by atoms with Crippen molar-refractivity contribution in [2.45, 2.75) is 64.1 Å². The van der Waals surface area contributed by atoms with Gasteiger partial charge in [0.1, 0.15) is 0 Å². The molecule has 0 aromatic rings. The number of rotatable bonds is 1. The Bertz CT molecular complexity index is 226. The number of piperidine rings is 1. The van der Waals surface area contributed by atoms with Crippen LogP contribution in [0, 0.1) is 0 Å². The molecule has 0 spiro atoms. The predicted octanol–water partition coefficient (Wildman–Crippen LogP) is 1.55. The average Bonchev–Trinajstić information content (AvgIpc) is 2.14. The van der Waals surface area contributed by atoms with Crippen molar-refractivity contribution in [3.63, 3.8) is 0 Å². The third-order valence-electron chi connectivity index (χ3n) is 3.80. The van der Waals surface area contributed by atoms with Crippen LogP contribution in [0.25, 0.3) is 0 Å². The highest BCUT2D eigenvalue weighted by atomic mass is 15.3. The first-order valence-electron chi connectivity index (χ1n) is 6.62. The second-order valence-corrected chi connectivity index (χ2v) is 6.78. The molecule has 2 fully saturated rings. The van der Waals surface area contributed by atoms with E-state index in [9.17, 15) is 0 Å². The molecule has 16 heavy (non-hydrogen) atoms. The second kappa shape index (κ2) is 4.28. The number of nitrogens with zero attached hydrogens (tertiary/aromatic N) is 1. The highest BCUT2D eigenvalue weighted by Gasteiger charge is 2.39. The Morgan fingerprint density at radius 1 is 1.06 bits per heavy atom. The van der Waals surface area contributed by atoms with Gasteiger partial charge in [0, 0.05) is 30.3 Å². The minimum atomic E-state index is 0.268. The molecular weight excluding hydrogens is 198 g/mol. The van der Waals surface area contributed by atoms with Crippen LogP contribution in [0.4, 0.5) is 0 Å². The van der Waals surface area contributed by atoms with Crippen LogP contribution in [0.3, 0.4) is 0 Å². The van der Waals surface area contributed by atoms with E-state index in [4.69, 9.17) is 0 Å². The van der Waals surface area contributed by atoms with E-state index >= 15 is 0 Å². The summed E-state index contributed by atoms with van der Waals surface area (Å²) in [6.45, 7) is 12.9. The largest absolute Gasteiger partial charge is 0.307 e. The van der Waals surface area contributed by atoms with Crippen molar-refractivity contribution in [2.75, 3.05) is 19.8 Å². The molecule has 0 aromatic carbocycles. The minimum Gasteiger partial charge on any atom is -0.307 e. The molecule has 0 atom stereocenters. The van der Waals surface area contributed by atoms with Crippen LogP contribution < -0.4 is 10.6 Å². The molecule has 2 rings (SSSR count). The molecule has 2 aliphatic rings. The molecule has 3 heteroatoms. The van der Waals surface area contributed by atoms with Crippen LogP contribution in [0.5, 0.6) is 0 Å². The molecule has 0 aromatic heterocycles. The number of nitrogens with one attached hydrogen (secondary N) is 2. The summed E-state index contributed by atoms with van der Waals surface area (Å²) >= 11 is 0. The van der Waals surface area contributed by atoms with Crippen molar-refractivity contribution in [2.24, 2.45) is 0 Å². The van der Waals surface area contributed by atoms with Gasteiger partial charge < -0.3 is 10.6 Å². The normalized spacial score (nSPS) is 31.5. The monoisotopic (exact) mass is 225 g/mol. The molecule has 2 saturated heterocycles. The highest BCUT2D eigenvalue weighted by molar-refractivity contribution is 5.00. The topological polar surface area (TPSA) is 27.3 Å². The third-order valence-corrected chi connectivity index (χ3v) is 3.80. The van der Waals surface area contributed by atoms with Crippen molar-refractivity contribution >= 4 is 0 Å². The van der Waals surface area contributed by atoms with Gasteiger partial charge in [-0.25, -0.2) is 0 Å². The highest BCUT2D eigenvalue weighted by Crippen LogP contribution is 2.31. The molecule has 0 aliphatic carbocycles. The standard InChI is InChI=1S/C13H27N3/c1-12(2)8-11(9-13(3,4)15-12)16-7-5-6-14-10-16/h11,14-15H,5-10H2,1-4H3. The summed E-state index contributed by atoms with van der Waals surface area (Å²) in [5.41, 5.74) is 0.535. The first-order chi connectivity index (χ1) is 7.38. The van der Waals surface area contributed by atoms with E-state index in [1.165, 1.54) is 32.4 Å². The van der Waals surface area contributed by atoms with Gasteiger partial charge >= 0.3 is 0 Å². The molecule has 0 unspecified atom stereocenters. The Kier molecular flexibility index (Phi) is 3.30. The van der Waals surface area contributed by atoms with E-state index in [0.29, 0.717) is 0 Å². The molecule has 2 heterocycles. The predicted molar refractivity (Wildman–Crippen MR) is 68.5 cm³/mol. The molecule has 2 aliphatic heterocycles. The van der Waals surface area contributed by atoms with Crippen LogP contribution in [-0.2, 0) is 0 Å². The van der Waals surface area contributed by atoms with E-state index < -0.39 is 0 Å². The number of hydrogen-bond acceptors (Lipinski definition) is 3. The van der Waals surface area contributed by atoms with Crippen molar-refractivity contribution in [1.82, 2.24) is 15.5 Å². The summed E-state index contributed by atoms with van der Waals surface area (Å²) in [4.78, 5) is 2.63. The fourth-order valence-corrected chi connectivity index (χ4v) is 3.55. The van der Waals surface area contributed by atoms with Gasteiger partial charge in [-0.1, -0.05) is 0 Å². The SMILES string of the molecule is CC1(C)CC(N2CCCNC2)CC(C)(C)N1. The summed E-state index contributed by atoms with van der Waals surface area (Å²) in [5, 5.41) is 7.25. The molecule has 0 saturated carbocycles. The summed E-state index contributed by atoms with van der Waals surface area (Å²) in [7, 11) is 0. The lowest BCUT2D eigenvalue weighted by Crippen LogP contribution is -2.63. The van der Waals surface area contributed by atoms with Crippen LogP contribution in [0.15, 0.2) is 0 Å². The quantitative estimate of drug-likeness (QED) is 0.709. The van der Waals surface area contributed by atoms with Crippen LogP contribution in [0.1, 0.15) is 47.0 Å². The van der Waals surface area contributed by atoms with Crippen LogP contribution >= 0.6 is 0 Å². The maximum absolute atomic E-state index is 3.75. The Balaban J connectivity index is 2.03. The summed E-state index contributed by atoms with van der Waals surface area (Å²) in [5.74, 6) is 0. The minimum absolute atomic E-state index is 0.268. The van der Waals surface area contributed by atoms with Crippen molar-refractivity contribution in [1.29, 1.82) is 0 Å². The Hall–Kier alpha value is -0.120. The molecule has 94 valence electrons. The zero-order valence-electron chi connectivity index (χ0n) is 11.3. The van der Waals surface area contributed by atoms with Crippen LogP contribution in [-0.4, -0.2) is 41.8 Å². The average molecular weight is 225 g/mol. The maximum Gasteiger partial charge on any atom is 0.0483 e. The molecule has 0 radical (unpaired) electrons. The van der Waals surface area contributed by atoms with Crippen molar-refractivity contribution < 1.29 is 0 Å². The van der Waals surface area contributed by atoms with Gasteiger partial charge in [0.05, 0.1) is 0 Å². The fourth-order valence-electron chi connectivity index (χ4n) is 3.55. The fraction of sp³-hybridized carbons (Fsp3) is 1.00. The van der Waals surface area contributed by atoms with Crippen molar-refractivity contribution in [3.05, 3.63) is 0 Å².